The predicted molar refractivity (Wildman–Crippen MR) is 127 cm³/mol. The van der Waals surface area contributed by atoms with Gasteiger partial charge in [-0.2, -0.15) is 26.3 Å². The van der Waals surface area contributed by atoms with E-state index in [2.05, 4.69) is 15.2 Å². The molecule has 4 heterocycles. The van der Waals surface area contributed by atoms with Crippen LogP contribution in [0.2, 0.25) is 5.02 Å². The largest absolute Gasteiger partial charge is 0.436 e. The molecule has 2 aliphatic heterocycles. The Morgan fingerprint density at radius 3 is 2.28 bits per heavy atom. The molecule has 0 unspecified atom stereocenters. The van der Waals surface area contributed by atoms with Crippen molar-refractivity contribution in [1.82, 2.24) is 24.6 Å². The van der Waals surface area contributed by atoms with E-state index < -0.39 is 29.4 Å². The van der Waals surface area contributed by atoms with Gasteiger partial charge in [-0.15, -0.1) is 10.2 Å². The van der Waals surface area contributed by atoms with Crippen molar-refractivity contribution >= 4 is 17.4 Å². The first-order valence-electron chi connectivity index (χ1n) is 12.4. The molecule has 1 aliphatic carbocycles. The van der Waals surface area contributed by atoms with Gasteiger partial charge < -0.3 is 4.90 Å². The molecule has 0 spiro atoms. The molecular formula is C25H22ClF7N6. The molecule has 0 bridgehead atoms. The minimum atomic E-state index is -4.91. The fourth-order valence-corrected chi connectivity index (χ4v) is 5.86. The molecule has 3 aromatic rings. The zero-order valence-corrected chi connectivity index (χ0v) is 21.1. The maximum Gasteiger partial charge on any atom is 0.436 e. The van der Waals surface area contributed by atoms with Gasteiger partial charge in [0.25, 0.3) is 0 Å². The number of alkyl halides is 6. The molecule has 0 amide bonds. The van der Waals surface area contributed by atoms with Crippen LogP contribution >= 0.6 is 11.6 Å². The summed E-state index contributed by atoms with van der Waals surface area (Å²) >= 11 is 6.22. The molecule has 208 valence electrons. The van der Waals surface area contributed by atoms with Crippen molar-refractivity contribution in [2.45, 2.75) is 62.6 Å². The van der Waals surface area contributed by atoms with Crippen molar-refractivity contribution in [2.24, 2.45) is 0 Å². The number of piperidine rings is 1. The summed E-state index contributed by atoms with van der Waals surface area (Å²) in [5, 5.41) is 9.07. The van der Waals surface area contributed by atoms with Crippen LogP contribution in [0, 0.1) is 5.82 Å². The standard InChI is InChI=1S/C25H22ClF7N6/c26-16-1-3-18-15(11-16)12-38(23(7-8-23)25(31,32)33)13-20-35-36-22(39(18)20)14-5-9-37(10-6-14)19-4-2-17(27)21(34-19)24(28,29)30/h1-4,11,14H,5-10,12-13H2. The first-order valence-corrected chi connectivity index (χ1v) is 12.8. The molecule has 2 aromatic heterocycles. The highest BCUT2D eigenvalue weighted by Crippen LogP contribution is 2.55. The highest BCUT2D eigenvalue weighted by atomic mass is 35.5. The van der Waals surface area contributed by atoms with E-state index in [9.17, 15) is 30.7 Å². The average Bonchev–Trinajstić information content (AvgIpc) is 3.62. The number of hydrogen-bond acceptors (Lipinski definition) is 5. The van der Waals surface area contributed by atoms with E-state index in [1.165, 1.54) is 11.0 Å². The van der Waals surface area contributed by atoms with Gasteiger partial charge in [0, 0.05) is 30.6 Å². The fraction of sp³-hybridized carbons (Fsp3) is 0.480. The molecule has 1 saturated carbocycles. The predicted octanol–water partition coefficient (Wildman–Crippen LogP) is 6.27. The molecule has 3 aliphatic rings. The summed E-state index contributed by atoms with van der Waals surface area (Å²) in [6.45, 7) is 0.672. The summed E-state index contributed by atoms with van der Waals surface area (Å²) in [6, 6.07) is 7.06. The quantitative estimate of drug-likeness (QED) is 0.345. The Morgan fingerprint density at radius 2 is 1.64 bits per heavy atom. The number of fused-ring (bicyclic) bond motifs is 3. The summed E-state index contributed by atoms with van der Waals surface area (Å²) < 4.78 is 97.0. The van der Waals surface area contributed by atoms with Gasteiger partial charge in [-0.05, 0) is 61.6 Å². The molecule has 6 nitrogen and oxygen atoms in total. The molecule has 1 saturated heterocycles. The molecule has 2 fully saturated rings. The lowest BCUT2D eigenvalue weighted by molar-refractivity contribution is -0.200. The van der Waals surface area contributed by atoms with E-state index in [1.807, 2.05) is 0 Å². The van der Waals surface area contributed by atoms with E-state index >= 15 is 0 Å². The summed E-state index contributed by atoms with van der Waals surface area (Å²) in [4.78, 5) is 6.57. The molecule has 14 heteroatoms. The van der Waals surface area contributed by atoms with Gasteiger partial charge in [0.05, 0.1) is 12.2 Å². The summed E-state index contributed by atoms with van der Waals surface area (Å²) in [6.07, 6.45) is -8.31. The van der Waals surface area contributed by atoms with Crippen molar-refractivity contribution in [3.05, 3.63) is 64.1 Å². The molecule has 1 aromatic carbocycles. The second kappa shape index (κ2) is 9.05. The summed E-state index contributed by atoms with van der Waals surface area (Å²) in [7, 11) is 0. The van der Waals surface area contributed by atoms with Crippen LogP contribution in [0.3, 0.4) is 0 Å². The van der Waals surface area contributed by atoms with Crippen LogP contribution in [-0.2, 0) is 19.3 Å². The summed E-state index contributed by atoms with van der Waals surface area (Å²) in [5.74, 6) is -0.593. The number of anilines is 1. The number of benzene rings is 1. The van der Waals surface area contributed by atoms with Crippen LogP contribution in [0.15, 0.2) is 30.3 Å². The minimum absolute atomic E-state index is 0.0132. The Morgan fingerprint density at radius 1 is 0.923 bits per heavy atom. The Hall–Kier alpha value is -2.93. The monoisotopic (exact) mass is 574 g/mol. The first-order chi connectivity index (χ1) is 18.4. The smallest absolute Gasteiger partial charge is 0.357 e. The van der Waals surface area contributed by atoms with E-state index in [0.717, 1.165) is 6.07 Å². The van der Waals surface area contributed by atoms with Crippen LogP contribution in [0.4, 0.5) is 36.6 Å². The molecule has 0 N–H and O–H groups in total. The molecule has 6 rings (SSSR count). The number of aromatic nitrogens is 4. The Balaban J connectivity index is 1.29. The van der Waals surface area contributed by atoms with E-state index in [1.54, 1.807) is 27.7 Å². The zero-order chi connectivity index (χ0) is 27.7. The van der Waals surface area contributed by atoms with Crippen LogP contribution in [-0.4, -0.2) is 49.5 Å². The van der Waals surface area contributed by atoms with E-state index in [-0.39, 0.29) is 37.7 Å². The average molecular weight is 575 g/mol. The number of rotatable bonds is 3. The second-order valence-corrected chi connectivity index (χ2v) is 10.7. The normalized spacial score (nSPS) is 19.9. The first kappa shape index (κ1) is 26.3. The topological polar surface area (TPSA) is 50.1 Å². The van der Waals surface area contributed by atoms with Crippen LogP contribution < -0.4 is 4.90 Å². The lowest BCUT2D eigenvalue weighted by Crippen LogP contribution is -2.47. The van der Waals surface area contributed by atoms with Gasteiger partial charge in [-0.3, -0.25) is 9.47 Å². The van der Waals surface area contributed by atoms with Gasteiger partial charge in [-0.1, -0.05) is 11.6 Å². The SMILES string of the molecule is Fc1ccc(N2CCC(c3nnc4n3-c3ccc(Cl)cc3CN(C3(C(F)(F)F)CC3)C4)CC2)nc1C(F)(F)F. The van der Waals surface area contributed by atoms with Gasteiger partial charge in [0.2, 0.25) is 0 Å². The summed E-state index contributed by atoms with van der Waals surface area (Å²) in [5.41, 5.74) is -2.17. The number of nitrogens with zero attached hydrogens (tertiary/aromatic N) is 6. The second-order valence-electron chi connectivity index (χ2n) is 10.2. The third-order valence-electron chi connectivity index (χ3n) is 7.87. The van der Waals surface area contributed by atoms with Gasteiger partial charge in [0.15, 0.2) is 17.3 Å². The van der Waals surface area contributed by atoms with Crippen molar-refractivity contribution in [2.75, 3.05) is 18.0 Å². The van der Waals surface area contributed by atoms with Crippen LogP contribution in [0.5, 0.6) is 0 Å². The highest BCUT2D eigenvalue weighted by Gasteiger charge is 2.66. The van der Waals surface area contributed by atoms with Gasteiger partial charge in [0.1, 0.15) is 17.2 Å². The van der Waals surface area contributed by atoms with Crippen molar-refractivity contribution in [3.63, 3.8) is 0 Å². The lowest BCUT2D eigenvalue weighted by atomic mass is 9.95. The highest BCUT2D eigenvalue weighted by molar-refractivity contribution is 6.30. The minimum Gasteiger partial charge on any atom is -0.357 e. The number of halogens is 8. The van der Waals surface area contributed by atoms with Gasteiger partial charge >= 0.3 is 12.4 Å². The Bertz CT molecular complexity index is 1410. The molecule has 0 atom stereocenters. The third kappa shape index (κ3) is 4.52. The molecule has 39 heavy (non-hydrogen) atoms. The maximum atomic E-state index is 14.0. The number of hydrogen-bond donors (Lipinski definition) is 0. The van der Waals surface area contributed by atoms with Crippen molar-refractivity contribution < 1.29 is 30.7 Å². The maximum absolute atomic E-state index is 14.0. The van der Waals surface area contributed by atoms with Crippen molar-refractivity contribution in [1.29, 1.82) is 0 Å². The van der Waals surface area contributed by atoms with E-state index in [4.69, 9.17) is 11.6 Å². The lowest BCUT2D eigenvalue weighted by Gasteiger charge is -2.33. The fourth-order valence-electron chi connectivity index (χ4n) is 5.66. The van der Waals surface area contributed by atoms with Crippen LogP contribution in [0.25, 0.3) is 5.69 Å². The molecular weight excluding hydrogens is 553 g/mol. The Kier molecular flexibility index (Phi) is 6.10. The van der Waals surface area contributed by atoms with E-state index in [0.29, 0.717) is 53.9 Å². The Labute approximate surface area is 223 Å². The number of pyridine rings is 1. The molecule has 0 radical (unpaired) electrons. The van der Waals surface area contributed by atoms with Gasteiger partial charge in [-0.25, -0.2) is 9.37 Å². The van der Waals surface area contributed by atoms with Crippen LogP contribution in [0.1, 0.15) is 54.5 Å². The van der Waals surface area contributed by atoms with Crippen molar-refractivity contribution in [3.8, 4) is 5.69 Å². The third-order valence-corrected chi connectivity index (χ3v) is 8.11. The zero-order valence-electron chi connectivity index (χ0n) is 20.3.